The predicted molar refractivity (Wildman–Crippen MR) is 182 cm³/mol. The number of hydrogen-bond acceptors (Lipinski definition) is 9. The molecule has 3 N–H and O–H groups in total. The van der Waals surface area contributed by atoms with E-state index < -0.39 is 5.82 Å². The summed E-state index contributed by atoms with van der Waals surface area (Å²) in [4.78, 5) is 50.4. The molecule has 48 heavy (non-hydrogen) atoms. The van der Waals surface area contributed by atoms with E-state index in [1.54, 1.807) is 18.2 Å². The molecule has 4 aromatic rings. The first kappa shape index (κ1) is 33.0. The third kappa shape index (κ3) is 7.79. The van der Waals surface area contributed by atoms with Gasteiger partial charge in [-0.05, 0) is 41.8 Å². The molecule has 11 nitrogen and oxygen atoms in total. The van der Waals surface area contributed by atoms with Gasteiger partial charge in [0.15, 0.2) is 0 Å². The lowest BCUT2D eigenvalue weighted by Gasteiger charge is -2.35. The lowest BCUT2D eigenvalue weighted by Crippen LogP contribution is -2.46. The maximum absolute atomic E-state index is 13.6. The van der Waals surface area contributed by atoms with Crippen LogP contribution in [0.2, 0.25) is 5.02 Å². The van der Waals surface area contributed by atoms with Gasteiger partial charge < -0.3 is 15.4 Å². The van der Waals surface area contributed by atoms with Gasteiger partial charge in [-0.25, -0.2) is 14.4 Å². The van der Waals surface area contributed by atoms with Gasteiger partial charge in [-0.3, -0.25) is 29.5 Å². The Morgan fingerprint density at radius 3 is 2.65 bits per heavy atom. The van der Waals surface area contributed by atoms with Crippen LogP contribution in [0, 0.1) is 5.82 Å². The smallest absolute Gasteiger partial charge is 0.248 e. The van der Waals surface area contributed by atoms with Crippen LogP contribution in [0.15, 0.2) is 73.1 Å². The first-order chi connectivity index (χ1) is 23.3. The summed E-state index contributed by atoms with van der Waals surface area (Å²) in [5.41, 5.74) is 3.67. The van der Waals surface area contributed by atoms with E-state index in [-0.39, 0.29) is 28.7 Å². The minimum atomic E-state index is -0.523. The summed E-state index contributed by atoms with van der Waals surface area (Å²) in [5.74, 6) is -0.680. The van der Waals surface area contributed by atoms with E-state index >= 15 is 0 Å². The Hall–Kier alpha value is -4.91. The van der Waals surface area contributed by atoms with Gasteiger partial charge in [-0.1, -0.05) is 41.9 Å². The number of nitrogens with one attached hydrogen (secondary N) is 3. The van der Waals surface area contributed by atoms with Gasteiger partial charge in [0.1, 0.15) is 23.7 Å². The highest BCUT2D eigenvalue weighted by Crippen LogP contribution is 2.34. The zero-order valence-corrected chi connectivity index (χ0v) is 27.1. The Morgan fingerprint density at radius 2 is 1.88 bits per heavy atom. The molecular formula is C35H35ClFN7O4. The van der Waals surface area contributed by atoms with E-state index in [1.165, 1.54) is 31.6 Å². The van der Waals surface area contributed by atoms with E-state index in [0.29, 0.717) is 53.2 Å². The van der Waals surface area contributed by atoms with Crippen molar-refractivity contribution in [2.45, 2.75) is 25.3 Å². The highest BCUT2D eigenvalue weighted by atomic mass is 35.5. The number of aromatic nitrogens is 2. The second kappa shape index (κ2) is 14.9. The Balaban J connectivity index is 1.04. The fourth-order valence-electron chi connectivity index (χ4n) is 6.02. The van der Waals surface area contributed by atoms with Crippen LogP contribution in [-0.2, 0) is 20.9 Å². The van der Waals surface area contributed by atoms with Gasteiger partial charge in [-0.2, -0.15) is 0 Å². The number of anilines is 3. The molecule has 1 unspecified atom stereocenters. The maximum atomic E-state index is 13.6. The molecule has 0 aliphatic carbocycles. The van der Waals surface area contributed by atoms with Gasteiger partial charge in [0.05, 0.1) is 29.3 Å². The molecule has 0 saturated carbocycles. The summed E-state index contributed by atoms with van der Waals surface area (Å²) >= 11 is 5.94. The molecule has 2 aliphatic rings. The van der Waals surface area contributed by atoms with Crippen LogP contribution < -0.4 is 20.7 Å². The van der Waals surface area contributed by atoms with Gasteiger partial charge in [-0.15, -0.1) is 0 Å². The lowest BCUT2D eigenvalue weighted by atomic mass is 9.87. The number of nitrogens with zero attached hydrogens (tertiary/aromatic N) is 4. The molecule has 1 atom stereocenters. The molecule has 1 aromatic heterocycles. The molecular weight excluding hydrogens is 637 g/mol. The highest BCUT2D eigenvalue weighted by molar-refractivity contribution is 6.31. The fraction of sp³-hybridized carbons (Fsp3) is 0.286. The quantitative estimate of drug-likeness (QED) is 0.158. The number of methoxy groups -OCH3 is 1. The second-order valence-electron chi connectivity index (χ2n) is 11.7. The normalized spacial score (nSPS) is 17.4. The average molecular weight is 672 g/mol. The number of hydrogen-bond donors (Lipinski definition) is 3. The maximum Gasteiger partial charge on any atom is 0.248 e. The molecule has 0 radical (unpaired) electrons. The number of rotatable bonds is 10. The standard InChI is InChI=1S/C35H35ClFN7O4/c1-48-31-19-29-26(34(39-21-38-29)40-23-8-10-28(37)27(36)17-23)18-30(31)41-32(45)7-4-12-43-13-15-44(16-14-43)20-22-5-2-3-6-24(22)25-9-11-33(46)42-35(25)47/h2-8,10,17-19,21,25H,9,11-16,20H2,1H3,(H,41,45)(H,38,39,40)(H,42,46,47)/b7-4+. The number of piperazine rings is 1. The number of ether oxygens (including phenoxy) is 1. The molecule has 2 fully saturated rings. The van der Waals surface area contributed by atoms with E-state index in [0.717, 1.165) is 43.9 Å². The van der Waals surface area contributed by atoms with Crippen LogP contribution in [0.5, 0.6) is 5.75 Å². The van der Waals surface area contributed by atoms with Crippen molar-refractivity contribution < 1.29 is 23.5 Å². The first-order valence-corrected chi connectivity index (χ1v) is 16.0. The van der Waals surface area contributed by atoms with Crippen LogP contribution in [-0.4, -0.2) is 77.3 Å². The Morgan fingerprint density at radius 1 is 1.08 bits per heavy atom. The van der Waals surface area contributed by atoms with Crippen LogP contribution >= 0.6 is 11.6 Å². The van der Waals surface area contributed by atoms with Gasteiger partial charge in [0, 0.05) is 68.9 Å². The van der Waals surface area contributed by atoms with Crippen LogP contribution in [0.4, 0.5) is 21.6 Å². The molecule has 2 saturated heterocycles. The van der Waals surface area contributed by atoms with Crippen molar-refractivity contribution in [1.29, 1.82) is 0 Å². The minimum Gasteiger partial charge on any atom is -0.494 e. The minimum absolute atomic E-state index is 0.0190. The lowest BCUT2D eigenvalue weighted by molar-refractivity contribution is -0.134. The number of halogens is 2. The fourth-order valence-corrected chi connectivity index (χ4v) is 6.20. The number of piperidine rings is 1. The molecule has 3 amide bonds. The number of benzene rings is 3. The summed E-state index contributed by atoms with van der Waals surface area (Å²) in [6.45, 7) is 4.71. The SMILES string of the molecule is COc1cc2ncnc(Nc3ccc(F)c(Cl)c3)c2cc1NC(=O)/C=C/CN1CCN(Cc2ccccc2C2CCC(=O)NC2=O)CC1. The number of imide groups is 1. The Kier molecular flexibility index (Phi) is 10.2. The third-order valence-electron chi connectivity index (χ3n) is 8.56. The summed E-state index contributed by atoms with van der Waals surface area (Å²) in [7, 11) is 1.51. The van der Waals surface area contributed by atoms with Crippen molar-refractivity contribution in [3.63, 3.8) is 0 Å². The van der Waals surface area contributed by atoms with E-state index in [9.17, 15) is 18.8 Å². The van der Waals surface area contributed by atoms with Crippen molar-refractivity contribution >= 4 is 57.4 Å². The molecule has 6 rings (SSSR count). The molecule has 0 bridgehead atoms. The van der Waals surface area contributed by atoms with Crippen molar-refractivity contribution in [2.24, 2.45) is 0 Å². The molecule has 3 aromatic carbocycles. The number of fused-ring (bicyclic) bond motifs is 1. The summed E-state index contributed by atoms with van der Waals surface area (Å²) in [6, 6.07) is 15.7. The molecule has 3 heterocycles. The topological polar surface area (TPSA) is 129 Å². The zero-order chi connectivity index (χ0) is 33.6. The van der Waals surface area contributed by atoms with Crippen molar-refractivity contribution in [3.05, 3.63) is 95.0 Å². The van der Waals surface area contributed by atoms with Crippen molar-refractivity contribution in [1.82, 2.24) is 25.1 Å². The monoisotopic (exact) mass is 671 g/mol. The summed E-state index contributed by atoms with van der Waals surface area (Å²) < 4.78 is 19.2. The zero-order valence-electron chi connectivity index (χ0n) is 26.3. The predicted octanol–water partition coefficient (Wildman–Crippen LogP) is 5.01. The van der Waals surface area contributed by atoms with Crippen LogP contribution in [0.1, 0.15) is 29.9 Å². The van der Waals surface area contributed by atoms with Crippen LogP contribution in [0.25, 0.3) is 10.9 Å². The largest absolute Gasteiger partial charge is 0.494 e. The molecule has 0 spiro atoms. The van der Waals surface area contributed by atoms with E-state index in [2.05, 4.69) is 41.8 Å². The van der Waals surface area contributed by atoms with Gasteiger partial charge >= 0.3 is 0 Å². The molecule has 248 valence electrons. The number of amides is 3. The van der Waals surface area contributed by atoms with Gasteiger partial charge in [0.2, 0.25) is 17.7 Å². The van der Waals surface area contributed by atoms with Crippen molar-refractivity contribution in [2.75, 3.05) is 50.5 Å². The van der Waals surface area contributed by atoms with Crippen molar-refractivity contribution in [3.8, 4) is 5.75 Å². The summed E-state index contributed by atoms with van der Waals surface area (Å²) in [5, 5.41) is 9.10. The number of carbonyl (C=O) groups excluding carboxylic acids is 3. The van der Waals surface area contributed by atoms with E-state index in [4.69, 9.17) is 16.3 Å². The summed E-state index contributed by atoms with van der Waals surface area (Å²) in [6.07, 6.45) is 5.63. The van der Waals surface area contributed by atoms with Crippen LogP contribution in [0.3, 0.4) is 0 Å². The van der Waals surface area contributed by atoms with E-state index in [1.807, 2.05) is 24.3 Å². The Labute approximate surface area is 282 Å². The first-order valence-electron chi connectivity index (χ1n) is 15.7. The highest BCUT2D eigenvalue weighted by Gasteiger charge is 2.30. The molecule has 2 aliphatic heterocycles. The Bertz CT molecular complexity index is 1880. The second-order valence-corrected chi connectivity index (χ2v) is 12.1. The average Bonchev–Trinajstić information content (AvgIpc) is 3.08. The van der Waals surface area contributed by atoms with Gasteiger partial charge in [0.25, 0.3) is 0 Å². The third-order valence-corrected chi connectivity index (χ3v) is 8.85. The number of carbonyl (C=O) groups is 3. The molecule has 13 heteroatoms.